The Labute approximate surface area is 404 Å². The number of hydrogen-bond donors (Lipinski definition) is 0. The minimum atomic E-state index is 1.07. The van der Waals surface area contributed by atoms with Crippen LogP contribution < -0.4 is 4.90 Å². The Hall–Kier alpha value is -9.04. The Kier molecular flexibility index (Phi) is 11.0. The number of fused-ring (bicyclic) bond motifs is 3. The van der Waals surface area contributed by atoms with Crippen LogP contribution in [0.3, 0.4) is 0 Å². The van der Waals surface area contributed by atoms with E-state index >= 15 is 0 Å². The Morgan fingerprint density at radius 1 is 0.188 bits per heavy atom. The summed E-state index contributed by atoms with van der Waals surface area (Å²) in [5.74, 6) is 0. The van der Waals surface area contributed by atoms with Crippen molar-refractivity contribution in [3.05, 3.63) is 285 Å². The molecule has 0 unspecified atom stereocenters. The van der Waals surface area contributed by atoms with Crippen LogP contribution in [0.25, 0.3) is 99.4 Å². The van der Waals surface area contributed by atoms with Gasteiger partial charge < -0.3 is 4.90 Å². The second-order valence-corrected chi connectivity index (χ2v) is 17.6. The lowest BCUT2D eigenvalue weighted by molar-refractivity contribution is 1.29. The molecule has 1 heteroatoms. The summed E-state index contributed by atoms with van der Waals surface area (Å²) in [7, 11) is 0. The fourth-order valence-corrected chi connectivity index (χ4v) is 10.3. The summed E-state index contributed by atoms with van der Waals surface area (Å²) in [6.45, 7) is 0. The van der Waals surface area contributed by atoms with Crippen molar-refractivity contribution in [1.82, 2.24) is 0 Å². The summed E-state index contributed by atoms with van der Waals surface area (Å²) in [4.78, 5) is 2.46. The van der Waals surface area contributed by atoms with Crippen molar-refractivity contribution in [2.24, 2.45) is 0 Å². The lowest BCUT2D eigenvalue weighted by atomic mass is 9.85. The van der Waals surface area contributed by atoms with E-state index in [1.165, 1.54) is 82.7 Å². The zero-order valence-electron chi connectivity index (χ0n) is 38.1. The molecule has 0 saturated carbocycles. The first kappa shape index (κ1) is 41.4. The highest BCUT2D eigenvalue weighted by Gasteiger charge is 2.23. The normalized spacial score (nSPS) is 11.2. The predicted molar refractivity (Wildman–Crippen MR) is 294 cm³/mol. The van der Waals surface area contributed by atoms with Crippen LogP contribution in [0.4, 0.5) is 17.1 Å². The van der Waals surface area contributed by atoms with Gasteiger partial charge in [-0.3, -0.25) is 0 Å². The van der Waals surface area contributed by atoms with Crippen molar-refractivity contribution in [1.29, 1.82) is 0 Å². The zero-order chi connectivity index (χ0) is 45.9. The molecule has 0 aromatic heterocycles. The maximum absolute atomic E-state index is 2.46. The molecule has 0 aliphatic heterocycles. The van der Waals surface area contributed by atoms with E-state index in [0.717, 1.165) is 33.8 Å². The van der Waals surface area contributed by atoms with Crippen LogP contribution in [0.5, 0.6) is 0 Å². The maximum Gasteiger partial charge on any atom is 0.0540 e. The van der Waals surface area contributed by atoms with E-state index in [9.17, 15) is 0 Å². The van der Waals surface area contributed by atoms with Gasteiger partial charge in [-0.2, -0.15) is 0 Å². The number of hydrogen-bond acceptors (Lipinski definition) is 1. The van der Waals surface area contributed by atoms with Crippen molar-refractivity contribution in [2.45, 2.75) is 0 Å². The first-order chi connectivity index (χ1) is 34.3. The molecule has 0 radical (unpaired) electrons. The Morgan fingerprint density at radius 2 is 0.580 bits per heavy atom. The van der Waals surface area contributed by atoms with Crippen LogP contribution in [0.1, 0.15) is 0 Å². The van der Waals surface area contributed by atoms with E-state index < -0.39 is 0 Å². The summed E-state index contributed by atoms with van der Waals surface area (Å²) in [6, 6.07) is 104. The highest BCUT2D eigenvalue weighted by atomic mass is 15.1. The molecule has 0 bridgehead atoms. The minimum Gasteiger partial charge on any atom is -0.310 e. The largest absolute Gasteiger partial charge is 0.310 e. The molecule has 1 nitrogen and oxygen atoms in total. The van der Waals surface area contributed by atoms with Gasteiger partial charge in [0.25, 0.3) is 0 Å². The van der Waals surface area contributed by atoms with Gasteiger partial charge in [0.1, 0.15) is 0 Å². The number of rotatable bonds is 10. The molecule has 0 fully saturated rings. The van der Waals surface area contributed by atoms with Gasteiger partial charge in [0.15, 0.2) is 0 Å². The third kappa shape index (κ3) is 7.86. The molecule has 0 N–H and O–H groups in total. The monoisotopic (exact) mass is 877 g/mol. The summed E-state index contributed by atoms with van der Waals surface area (Å²) < 4.78 is 0. The molecule has 69 heavy (non-hydrogen) atoms. The molecule has 0 spiro atoms. The van der Waals surface area contributed by atoms with Crippen molar-refractivity contribution in [2.75, 3.05) is 4.90 Å². The molecule has 0 aliphatic carbocycles. The van der Waals surface area contributed by atoms with E-state index in [1.807, 2.05) is 0 Å². The van der Waals surface area contributed by atoms with Gasteiger partial charge in [-0.1, -0.05) is 249 Å². The highest BCUT2D eigenvalue weighted by Crippen LogP contribution is 2.49. The van der Waals surface area contributed by atoms with Gasteiger partial charge in [-0.15, -0.1) is 0 Å². The molecule has 12 rings (SSSR count). The third-order valence-corrected chi connectivity index (χ3v) is 13.5. The van der Waals surface area contributed by atoms with Gasteiger partial charge >= 0.3 is 0 Å². The minimum absolute atomic E-state index is 1.07. The smallest absolute Gasteiger partial charge is 0.0540 e. The summed E-state index contributed by atoms with van der Waals surface area (Å²) in [5.41, 5.74) is 20.0. The molecule has 12 aromatic rings. The second-order valence-electron chi connectivity index (χ2n) is 17.6. The van der Waals surface area contributed by atoms with E-state index in [4.69, 9.17) is 0 Å². The molecule has 324 valence electrons. The van der Waals surface area contributed by atoms with Crippen LogP contribution in [0.15, 0.2) is 285 Å². The predicted octanol–water partition coefficient (Wildman–Crippen LogP) is 19.1. The van der Waals surface area contributed by atoms with Crippen molar-refractivity contribution >= 4 is 38.6 Å². The highest BCUT2D eigenvalue weighted by molar-refractivity contribution is 6.22. The average molecular weight is 878 g/mol. The van der Waals surface area contributed by atoms with Crippen LogP contribution in [-0.4, -0.2) is 0 Å². The van der Waals surface area contributed by atoms with E-state index in [2.05, 4.69) is 290 Å². The van der Waals surface area contributed by atoms with Crippen LogP contribution in [-0.2, 0) is 0 Å². The second kappa shape index (κ2) is 18.3. The lowest BCUT2D eigenvalue weighted by Crippen LogP contribution is -2.11. The van der Waals surface area contributed by atoms with Crippen LogP contribution in [0, 0.1) is 0 Å². The first-order valence-corrected chi connectivity index (χ1v) is 23.8. The fraction of sp³-hybridized carbons (Fsp3) is 0. The van der Waals surface area contributed by atoms with Crippen molar-refractivity contribution < 1.29 is 0 Å². The first-order valence-electron chi connectivity index (χ1n) is 23.8. The Bertz CT molecular complexity index is 3720. The Balaban J connectivity index is 1.10. The van der Waals surface area contributed by atoms with Gasteiger partial charge in [0.05, 0.1) is 5.69 Å². The van der Waals surface area contributed by atoms with Crippen molar-refractivity contribution in [3.8, 4) is 77.9 Å². The van der Waals surface area contributed by atoms with Gasteiger partial charge in [-0.25, -0.2) is 0 Å². The SMILES string of the molecule is c1ccc(-c2ccc(N(c3ccc(-c4cccc(-c5ccccc5)c4-c4ccccc4)cc3)c3ccc4c(-c5ccccc5)c(-c5ccccc5)c5ccccc5c4c3)c(-c3ccccc3)c2)cc1. The molecule has 0 heterocycles. The number of benzene rings is 12. The average Bonchev–Trinajstić information content (AvgIpc) is 3.44. The van der Waals surface area contributed by atoms with Gasteiger partial charge in [0.2, 0.25) is 0 Å². The fourth-order valence-electron chi connectivity index (χ4n) is 10.3. The van der Waals surface area contributed by atoms with Crippen molar-refractivity contribution in [3.63, 3.8) is 0 Å². The summed E-state index contributed by atoms with van der Waals surface area (Å²) in [6.07, 6.45) is 0. The molecule has 12 aromatic carbocycles. The number of nitrogens with zero attached hydrogens (tertiary/aromatic N) is 1. The topological polar surface area (TPSA) is 3.24 Å². The zero-order valence-corrected chi connectivity index (χ0v) is 38.1. The lowest BCUT2D eigenvalue weighted by Gasteiger charge is -2.29. The molecular formula is C68H47N. The maximum atomic E-state index is 2.46. The molecular weight excluding hydrogens is 831 g/mol. The molecule has 0 amide bonds. The molecule has 0 saturated heterocycles. The Morgan fingerprint density at radius 3 is 1.12 bits per heavy atom. The van der Waals surface area contributed by atoms with Crippen LogP contribution >= 0.6 is 0 Å². The standard InChI is InChI=1S/C68H47N/c1-7-22-48(23-8-1)55-40-45-65(63(46-55)50-26-11-3-12-27-50)69(56-41-38-51(39-42-56)59-37-21-36-58(49-24-9-2-10-25-49)66(59)52-28-13-4-14-29-52)57-43-44-62-64(47-57)60-34-19-20-35-61(60)67(53-30-15-5-16-31-53)68(62)54-32-17-6-18-33-54/h1-47H. The van der Waals surface area contributed by atoms with Gasteiger partial charge in [0, 0.05) is 16.9 Å². The van der Waals surface area contributed by atoms with E-state index in [0.29, 0.717) is 0 Å². The molecule has 0 atom stereocenters. The van der Waals surface area contributed by atoms with Crippen LogP contribution in [0.2, 0.25) is 0 Å². The van der Waals surface area contributed by atoms with E-state index in [-0.39, 0.29) is 0 Å². The summed E-state index contributed by atoms with van der Waals surface area (Å²) in [5, 5.41) is 4.87. The summed E-state index contributed by atoms with van der Waals surface area (Å²) >= 11 is 0. The quantitative estimate of drug-likeness (QED) is 0.124. The number of anilines is 3. The molecule has 0 aliphatic rings. The third-order valence-electron chi connectivity index (χ3n) is 13.5. The van der Waals surface area contributed by atoms with E-state index in [1.54, 1.807) is 0 Å². The van der Waals surface area contributed by atoms with Gasteiger partial charge in [-0.05, 0) is 130 Å².